The maximum Gasteiger partial charge on any atom is 0.264 e. The number of anilines is 1. The van der Waals surface area contributed by atoms with Gasteiger partial charge in [0.2, 0.25) is 5.13 Å². The predicted molar refractivity (Wildman–Crippen MR) is 72.4 cm³/mol. The number of carbonyl (C=O) groups is 1. The summed E-state index contributed by atoms with van der Waals surface area (Å²) in [6.45, 7) is 4.18. The molecular formula is C12H14N4O2S. The molecule has 0 aliphatic heterocycles. The number of hydrogen-bond donors (Lipinski definition) is 1. The molecule has 1 N–H and O–H groups in total. The zero-order valence-corrected chi connectivity index (χ0v) is 11.5. The van der Waals surface area contributed by atoms with Crippen LogP contribution in [0.2, 0.25) is 0 Å². The highest BCUT2D eigenvalue weighted by Gasteiger charge is 2.06. The maximum absolute atomic E-state index is 11.5. The van der Waals surface area contributed by atoms with Crippen LogP contribution in [0.3, 0.4) is 0 Å². The zero-order chi connectivity index (χ0) is 13.7. The standard InChI is InChI=1S/C12H14N4O2S/c1-8(2)9-3-5-10(6-4-9)18-7-11(17)13-12-14-15-16-19-12/h3-6,8H,7H2,1-2H3,(H,13,14,16,17). The van der Waals surface area contributed by atoms with Gasteiger partial charge in [-0.2, -0.15) is 0 Å². The molecule has 2 aromatic rings. The third kappa shape index (κ3) is 3.99. The molecule has 0 unspecified atom stereocenters. The first-order chi connectivity index (χ1) is 9.15. The van der Waals surface area contributed by atoms with Crippen molar-refractivity contribution in [3.63, 3.8) is 0 Å². The highest BCUT2D eigenvalue weighted by Crippen LogP contribution is 2.18. The largest absolute Gasteiger partial charge is 0.484 e. The molecule has 0 atom stereocenters. The molecule has 0 aliphatic carbocycles. The number of rotatable bonds is 5. The number of ether oxygens (including phenoxy) is 1. The fraction of sp³-hybridized carbons (Fsp3) is 0.333. The van der Waals surface area contributed by atoms with E-state index in [-0.39, 0.29) is 12.5 Å². The number of nitrogens with zero attached hydrogens (tertiary/aromatic N) is 3. The molecule has 0 spiro atoms. The van der Waals surface area contributed by atoms with Gasteiger partial charge in [-0.05, 0) is 28.8 Å². The molecule has 0 radical (unpaired) electrons. The number of aromatic nitrogens is 3. The first-order valence-corrected chi connectivity index (χ1v) is 6.60. The van der Waals surface area contributed by atoms with Gasteiger partial charge in [-0.1, -0.05) is 35.6 Å². The lowest BCUT2D eigenvalue weighted by Gasteiger charge is -2.08. The zero-order valence-electron chi connectivity index (χ0n) is 10.7. The Bertz CT molecular complexity index is 525. The minimum absolute atomic E-state index is 0.0688. The van der Waals surface area contributed by atoms with E-state index in [1.165, 1.54) is 5.56 Å². The first-order valence-electron chi connectivity index (χ1n) is 5.83. The van der Waals surface area contributed by atoms with Crippen molar-refractivity contribution < 1.29 is 9.53 Å². The van der Waals surface area contributed by atoms with Crippen LogP contribution >= 0.6 is 11.5 Å². The topological polar surface area (TPSA) is 77.0 Å². The van der Waals surface area contributed by atoms with E-state index in [1.807, 2.05) is 24.3 Å². The predicted octanol–water partition coefficient (Wildman–Crippen LogP) is 2.07. The number of hydrogen-bond acceptors (Lipinski definition) is 6. The Morgan fingerprint density at radius 1 is 1.37 bits per heavy atom. The molecule has 100 valence electrons. The number of amides is 1. The van der Waals surface area contributed by atoms with E-state index in [4.69, 9.17) is 4.74 Å². The van der Waals surface area contributed by atoms with Crippen LogP contribution in [-0.4, -0.2) is 27.3 Å². The summed E-state index contributed by atoms with van der Waals surface area (Å²) in [5, 5.41) is 9.90. The van der Waals surface area contributed by atoms with Crippen LogP contribution in [0.4, 0.5) is 5.13 Å². The summed E-state index contributed by atoms with van der Waals surface area (Å²) in [6, 6.07) is 7.70. The Morgan fingerprint density at radius 2 is 2.11 bits per heavy atom. The van der Waals surface area contributed by atoms with Crippen molar-refractivity contribution >= 4 is 22.6 Å². The van der Waals surface area contributed by atoms with Crippen LogP contribution in [0.1, 0.15) is 25.3 Å². The van der Waals surface area contributed by atoms with E-state index in [0.29, 0.717) is 16.8 Å². The summed E-state index contributed by atoms with van der Waals surface area (Å²) in [6.07, 6.45) is 0. The third-order valence-corrected chi connectivity index (χ3v) is 2.97. The summed E-state index contributed by atoms with van der Waals surface area (Å²) in [4.78, 5) is 11.5. The van der Waals surface area contributed by atoms with Gasteiger partial charge in [-0.25, -0.2) is 0 Å². The number of benzene rings is 1. The highest BCUT2D eigenvalue weighted by atomic mass is 32.1. The van der Waals surface area contributed by atoms with E-state index in [2.05, 4.69) is 34.0 Å². The Balaban J connectivity index is 1.83. The lowest BCUT2D eigenvalue weighted by atomic mass is 10.0. The summed E-state index contributed by atoms with van der Waals surface area (Å²) in [7, 11) is 0. The summed E-state index contributed by atoms with van der Waals surface area (Å²) in [5.41, 5.74) is 1.23. The van der Waals surface area contributed by atoms with Crippen molar-refractivity contribution in [1.82, 2.24) is 14.8 Å². The Labute approximate surface area is 115 Å². The molecule has 19 heavy (non-hydrogen) atoms. The van der Waals surface area contributed by atoms with Crippen LogP contribution in [0, 0.1) is 0 Å². The van der Waals surface area contributed by atoms with E-state index in [1.54, 1.807) is 0 Å². The van der Waals surface area contributed by atoms with Crippen LogP contribution in [0.5, 0.6) is 5.75 Å². The molecule has 1 aromatic carbocycles. The van der Waals surface area contributed by atoms with Crippen LogP contribution < -0.4 is 10.1 Å². The average Bonchev–Trinajstić information content (AvgIpc) is 2.89. The van der Waals surface area contributed by atoms with E-state index in [9.17, 15) is 4.79 Å². The summed E-state index contributed by atoms with van der Waals surface area (Å²) >= 11 is 1.02. The number of nitrogens with one attached hydrogen (secondary N) is 1. The van der Waals surface area contributed by atoms with E-state index < -0.39 is 0 Å². The lowest BCUT2D eigenvalue weighted by molar-refractivity contribution is -0.118. The molecule has 0 saturated carbocycles. The van der Waals surface area contributed by atoms with Crippen molar-refractivity contribution in [2.45, 2.75) is 19.8 Å². The minimum atomic E-state index is -0.286. The molecule has 0 bridgehead atoms. The minimum Gasteiger partial charge on any atom is -0.484 e. The quantitative estimate of drug-likeness (QED) is 0.906. The molecule has 7 heteroatoms. The molecule has 2 rings (SSSR count). The molecule has 1 aromatic heterocycles. The number of carbonyl (C=O) groups excluding carboxylic acids is 1. The molecule has 0 saturated heterocycles. The van der Waals surface area contributed by atoms with Crippen molar-refractivity contribution in [1.29, 1.82) is 0 Å². The van der Waals surface area contributed by atoms with Crippen LogP contribution in [0.25, 0.3) is 0 Å². The molecule has 1 heterocycles. The second-order valence-electron chi connectivity index (χ2n) is 4.23. The van der Waals surface area contributed by atoms with Crippen LogP contribution in [0.15, 0.2) is 24.3 Å². The smallest absolute Gasteiger partial charge is 0.264 e. The Morgan fingerprint density at radius 3 is 2.68 bits per heavy atom. The molecule has 0 fully saturated rings. The second kappa shape index (κ2) is 6.24. The van der Waals surface area contributed by atoms with Gasteiger partial charge in [-0.3, -0.25) is 10.1 Å². The first kappa shape index (κ1) is 13.4. The Hall–Kier alpha value is -2.02. The highest BCUT2D eigenvalue weighted by molar-refractivity contribution is 7.09. The molecule has 1 amide bonds. The second-order valence-corrected chi connectivity index (χ2v) is 4.96. The van der Waals surface area contributed by atoms with Gasteiger partial charge in [0.1, 0.15) is 5.75 Å². The molecule has 6 nitrogen and oxygen atoms in total. The normalized spacial score (nSPS) is 10.5. The molecule has 0 aliphatic rings. The summed E-state index contributed by atoms with van der Waals surface area (Å²) < 4.78 is 8.92. The van der Waals surface area contributed by atoms with Crippen LogP contribution in [-0.2, 0) is 4.79 Å². The maximum atomic E-state index is 11.5. The van der Waals surface area contributed by atoms with Gasteiger partial charge >= 0.3 is 0 Å². The Kier molecular flexibility index (Phi) is 4.40. The van der Waals surface area contributed by atoms with Gasteiger partial charge in [0, 0.05) is 11.5 Å². The monoisotopic (exact) mass is 278 g/mol. The molecular weight excluding hydrogens is 264 g/mol. The SMILES string of the molecule is CC(C)c1ccc(OCC(=O)Nc2nnns2)cc1. The van der Waals surface area contributed by atoms with Gasteiger partial charge < -0.3 is 4.74 Å². The van der Waals surface area contributed by atoms with E-state index >= 15 is 0 Å². The third-order valence-electron chi connectivity index (χ3n) is 2.46. The van der Waals surface area contributed by atoms with Gasteiger partial charge in [0.05, 0.1) is 0 Å². The van der Waals surface area contributed by atoms with Crippen molar-refractivity contribution in [2.24, 2.45) is 0 Å². The van der Waals surface area contributed by atoms with Crippen molar-refractivity contribution in [3.05, 3.63) is 29.8 Å². The average molecular weight is 278 g/mol. The summed E-state index contributed by atoms with van der Waals surface area (Å²) in [5.74, 6) is 0.851. The fourth-order valence-corrected chi connectivity index (χ4v) is 1.82. The van der Waals surface area contributed by atoms with Gasteiger partial charge in [0.25, 0.3) is 5.91 Å². The lowest BCUT2D eigenvalue weighted by Crippen LogP contribution is -2.20. The van der Waals surface area contributed by atoms with Crippen molar-refractivity contribution in [2.75, 3.05) is 11.9 Å². The van der Waals surface area contributed by atoms with Crippen molar-refractivity contribution in [3.8, 4) is 5.75 Å². The van der Waals surface area contributed by atoms with E-state index in [0.717, 1.165) is 11.5 Å². The van der Waals surface area contributed by atoms with Gasteiger partial charge in [0.15, 0.2) is 6.61 Å². The fourth-order valence-electron chi connectivity index (χ4n) is 1.44. The van der Waals surface area contributed by atoms with Gasteiger partial charge in [-0.15, -0.1) is 0 Å².